The Kier molecular flexibility index (Phi) is 4.55. The van der Waals surface area contributed by atoms with Crippen molar-refractivity contribution in [3.63, 3.8) is 0 Å². The first kappa shape index (κ1) is 14.3. The Bertz CT molecular complexity index is 512. The summed E-state index contributed by atoms with van der Waals surface area (Å²) in [4.78, 5) is 10.5. The van der Waals surface area contributed by atoms with Gasteiger partial charge in [0.15, 0.2) is 9.84 Å². The standard InChI is InChI=1S/C11H14O6S/c1-16-9-4-3-5-10(17-2)8(9)6-18(14,15)7-11(12)13/h3-5H,6-7H2,1-2H3,(H,12,13). The van der Waals surface area contributed by atoms with E-state index in [1.165, 1.54) is 14.2 Å². The lowest BCUT2D eigenvalue weighted by atomic mass is 10.2. The Labute approximate surface area is 105 Å². The second kappa shape index (κ2) is 5.72. The second-order valence-electron chi connectivity index (χ2n) is 3.57. The van der Waals surface area contributed by atoms with E-state index in [-0.39, 0.29) is 0 Å². The number of carboxylic acid groups (broad SMARTS) is 1. The first-order valence-electron chi connectivity index (χ1n) is 5.01. The summed E-state index contributed by atoms with van der Waals surface area (Å²) < 4.78 is 33.4. The molecule has 1 N–H and O–H groups in total. The zero-order chi connectivity index (χ0) is 13.8. The Hall–Kier alpha value is -1.76. The summed E-state index contributed by atoms with van der Waals surface area (Å²) in [6.07, 6.45) is 0. The quantitative estimate of drug-likeness (QED) is 0.821. The fourth-order valence-electron chi connectivity index (χ4n) is 1.53. The lowest BCUT2D eigenvalue weighted by Crippen LogP contribution is -2.17. The van der Waals surface area contributed by atoms with Gasteiger partial charge in [-0.2, -0.15) is 0 Å². The molecule has 0 amide bonds. The first-order chi connectivity index (χ1) is 8.39. The van der Waals surface area contributed by atoms with Crippen LogP contribution in [0.1, 0.15) is 5.56 Å². The van der Waals surface area contributed by atoms with Gasteiger partial charge in [0, 0.05) is 0 Å². The average molecular weight is 274 g/mol. The summed E-state index contributed by atoms with van der Waals surface area (Å²) in [5, 5.41) is 8.54. The van der Waals surface area contributed by atoms with Crippen LogP contribution in [0.25, 0.3) is 0 Å². The first-order valence-corrected chi connectivity index (χ1v) is 6.84. The zero-order valence-corrected chi connectivity index (χ0v) is 10.9. The minimum atomic E-state index is -3.76. The number of benzene rings is 1. The van der Waals surface area contributed by atoms with Gasteiger partial charge in [-0.05, 0) is 12.1 Å². The smallest absolute Gasteiger partial charge is 0.318 e. The summed E-state index contributed by atoms with van der Waals surface area (Å²) in [6.45, 7) is 0. The zero-order valence-electron chi connectivity index (χ0n) is 10.0. The minimum absolute atomic E-state index is 0.323. The van der Waals surface area contributed by atoms with Crippen LogP contribution in [0.4, 0.5) is 0 Å². The number of hydrogen-bond acceptors (Lipinski definition) is 5. The molecule has 0 fully saturated rings. The summed E-state index contributed by atoms with van der Waals surface area (Å²) in [6, 6.07) is 4.84. The number of carbonyl (C=O) groups is 1. The lowest BCUT2D eigenvalue weighted by molar-refractivity contribution is -0.134. The fourth-order valence-corrected chi connectivity index (χ4v) is 2.73. The summed E-state index contributed by atoms with van der Waals surface area (Å²) in [5.74, 6) is -2.05. The summed E-state index contributed by atoms with van der Waals surface area (Å²) >= 11 is 0. The van der Waals surface area contributed by atoms with Gasteiger partial charge < -0.3 is 14.6 Å². The van der Waals surface area contributed by atoms with Gasteiger partial charge in [0.25, 0.3) is 0 Å². The third kappa shape index (κ3) is 3.63. The molecule has 18 heavy (non-hydrogen) atoms. The topological polar surface area (TPSA) is 89.9 Å². The highest BCUT2D eigenvalue weighted by atomic mass is 32.2. The van der Waals surface area contributed by atoms with E-state index >= 15 is 0 Å². The summed E-state index contributed by atoms with van der Waals surface area (Å²) in [5.41, 5.74) is 0.323. The van der Waals surface area contributed by atoms with Crippen molar-refractivity contribution in [2.24, 2.45) is 0 Å². The Morgan fingerprint density at radius 3 is 2.11 bits per heavy atom. The van der Waals surface area contributed by atoms with Crippen LogP contribution in [0, 0.1) is 0 Å². The molecule has 0 heterocycles. The van der Waals surface area contributed by atoms with E-state index in [2.05, 4.69) is 0 Å². The largest absolute Gasteiger partial charge is 0.496 e. The van der Waals surface area contributed by atoms with Crippen LogP contribution in [0.5, 0.6) is 11.5 Å². The average Bonchev–Trinajstić information content (AvgIpc) is 2.27. The van der Waals surface area contributed by atoms with Crippen molar-refractivity contribution in [1.29, 1.82) is 0 Å². The van der Waals surface area contributed by atoms with Crippen LogP contribution in [0.3, 0.4) is 0 Å². The van der Waals surface area contributed by atoms with E-state index in [0.29, 0.717) is 17.1 Å². The third-order valence-corrected chi connectivity index (χ3v) is 3.65. The van der Waals surface area contributed by atoms with E-state index < -0.39 is 27.3 Å². The number of sulfone groups is 1. The third-order valence-electron chi connectivity index (χ3n) is 2.24. The molecule has 0 aliphatic carbocycles. The normalized spacial score (nSPS) is 11.0. The van der Waals surface area contributed by atoms with Gasteiger partial charge in [0.2, 0.25) is 0 Å². The molecule has 1 rings (SSSR count). The maximum Gasteiger partial charge on any atom is 0.318 e. The molecule has 0 aromatic heterocycles. The van der Waals surface area contributed by atoms with Crippen LogP contribution in [0.2, 0.25) is 0 Å². The molecule has 7 heteroatoms. The monoisotopic (exact) mass is 274 g/mol. The highest BCUT2D eigenvalue weighted by Crippen LogP contribution is 2.30. The van der Waals surface area contributed by atoms with Crippen LogP contribution in [-0.2, 0) is 20.4 Å². The molecule has 0 spiro atoms. The van der Waals surface area contributed by atoms with Crippen molar-refractivity contribution in [1.82, 2.24) is 0 Å². The molecule has 0 aliphatic heterocycles. The maximum atomic E-state index is 11.7. The predicted octanol–water partition coefficient (Wildman–Crippen LogP) is 0.703. The second-order valence-corrected chi connectivity index (χ2v) is 5.63. The Morgan fingerprint density at radius 2 is 1.72 bits per heavy atom. The summed E-state index contributed by atoms with van der Waals surface area (Å²) in [7, 11) is -0.949. The molecule has 0 aliphatic rings. The van der Waals surface area contributed by atoms with Gasteiger partial charge in [0.1, 0.15) is 17.3 Å². The maximum absolute atomic E-state index is 11.7. The van der Waals surface area contributed by atoms with E-state index in [1.807, 2.05) is 0 Å². The Balaban J connectivity index is 3.13. The van der Waals surface area contributed by atoms with Crippen molar-refractivity contribution in [2.45, 2.75) is 5.75 Å². The number of rotatable bonds is 6. The van der Waals surface area contributed by atoms with Gasteiger partial charge >= 0.3 is 5.97 Å². The van der Waals surface area contributed by atoms with E-state index in [9.17, 15) is 13.2 Å². The van der Waals surface area contributed by atoms with Crippen molar-refractivity contribution in [2.75, 3.05) is 20.0 Å². The van der Waals surface area contributed by atoms with Crippen molar-refractivity contribution >= 4 is 15.8 Å². The van der Waals surface area contributed by atoms with Gasteiger partial charge in [0.05, 0.1) is 25.5 Å². The van der Waals surface area contributed by atoms with Crippen LogP contribution in [-0.4, -0.2) is 39.5 Å². The van der Waals surface area contributed by atoms with Gasteiger partial charge in [-0.3, -0.25) is 4.79 Å². The molecule has 0 saturated carbocycles. The van der Waals surface area contributed by atoms with Crippen molar-refractivity contribution in [3.05, 3.63) is 23.8 Å². The number of methoxy groups -OCH3 is 2. The molecule has 0 atom stereocenters. The molecule has 6 nitrogen and oxygen atoms in total. The van der Waals surface area contributed by atoms with Crippen LogP contribution < -0.4 is 9.47 Å². The van der Waals surface area contributed by atoms with Crippen LogP contribution >= 0.6 is 0 Å². The molecule has 0 saturated heterocycles. The van der Waals surface area contributed by atoms with E-state index in [4.69, 9.17) is 14.6 Å². The fraction of sp³-hybridized carbons (Fsp3) is 0.364. The molecule has 1 aromatic rings. The number of carboxylic acids is 1. The molecule has 0 bridgehead atoms. The van der Waals surface area contributed by atoms with Gasteiger partial charge in [-0.25, -0.2) is 8.42 Å². The number of hydrogen-bond donors (Lipinski definition) is 1. The highest BCUT2D eigenvalue weighted by Gasteiger charge is 2.21. The number of aliphatic carboxylic acids is 1. The van der Waals surface area contributed by atoms with E-state index in [1.54, 1.807) is 18.2 Å². The van der Waals surface area contributed by atoms with Gasteiger partial charge in [-0.15, -0.1) is 0 Å². The number of ether oxygens (including phenoxy) is 2. The molecule has 0 radical (unpaired) electrons. The SMILES string of the molecule is COc1cccc(OC)c1CS(=O)(=O)CC(=O)O. The minimum Gasteiger partial charge on any atom is -0.496 e. The molecule has 100 valence electrons. The van der Waals surface area contributed by atoms with Crippen LogP contribution in [0.15, 0.2) is 18.2 Å². The predicted molar refractivity (Wildman–Crippen MR) is 64.7 cm³/mol. The van der Waals surface area contributed by atoms with Crippen molar-refractivity contribution < 1.29 is 27.8 Å². The highest BCUT2D eigenvalue weighted by molar-refractivity contribution is 7.91. The molecular formula is C11H14O6S. The Morgan fingerprint density at radius 1 is 1.22 bits per heavy atom. The van der Waals surface area contributed by atoms with Crippen molar-refractivity contribution in [3.8, 4) is 11.5 Å². The molecule has 1 aromatic carbocycles. The lowest BCUT2D eigenvalue weighted by Gasteiger charge is -2.12. The van der Waals surface area contributed by atoms with Gasteiger partial charge in [-0.1, -0.05) is 6.07 Å². The molecular weight excluding hydrogens is 260 g/mol. The molecule has 0 unspecified atom stereocenters. The van der Waals surface area contributed by atoms with E-state index in [0.717, 1.165) is 0 Å².